The SMILES string of the molecule is CCOC(=O)C1(CC)CCN(c2ncc(-c3cc(Br)c4sc(N(CC)C(N)=O)nc4c3)cn2)CC1. The normalized spacial score (nSPS) is 15.3. The number of primary amides is 1. The number of ether oxygens (including phenoxy) is 1. The highest BCUT2D eigenvalue weighted by molar-refractivity contribution is 9.10. The van der Waals surface area contributed by atoms with Gasteiger partial charge in [0.15, 0.2) is 5.13 Å². The molecule has 0 unspecified atom stereocenters. The molecule has 1 fully saturated rings. The van der Waals surface area contributed by atoms with E-state index in [1.807, 2.05) is 32.9 Å². The van der Waals surface area contributed by atoms with Crippen LogP contribution in [0.4, 0.5) is 15.9 Å². The van der Waals surface area contributed by atoms with Crippen molar-refractivity contribution in [1.29, 1.82) is 0 Å². The summed E-state index contributed by atoms with van der Waals surface area (Å²) in [6, 6.07) is 3.44. The van der Waals surface area contributed by atoms with Crippen molar-refractivity contribution in [1.82, 2.24) is 15.0 Å². The minimum Gasteiger partial charge on any atom is -0.466 e. The number of hydrogen-bond acceptors (Lipinski definition) is 8. The van der Waals surface area contributed by atoms with Gasteiger partial charge in [-0.05, 0) is 66.7 Å². The average molecular weight is 562 g/mol. The quantitative estimate of drug-likeness (QED) is 0.405. The maximum Gasteiger partial charge on any atom is 0.321 e. The van der Waals surface area contributed by atoms with Gasteiger partial charge in [-0.1, -0.05) is 18.3 Å². The number of urea groups is 1. The van der Waals surface area contributed by atoms with Crippen molar-refractivity contribution < 1.29 is 14.3 Å². The first-order valence-electron chi connectivity index (χ1n) is 11.7. The first-order chi connectivity index (χ1) is 16.8. The first-order valence-corrected chi connectivity index (χ1v) is 13.3. The standard InChI is InChI=1S/C24H29BrN6O3S/c1-4-24(20(32)34-6-3)7-9-30(10-8-24)22-27-13-16(14-28-22)15-11-17(25)19-18(12-15)29-23(35-19)31(5-2)21(26)33/h11-14H,4-10H2,1-3H3,(H2,26,33). The minimum absolute atomic E-state index is 0.0949. The molecule has 2 amide bonds. The van der Waals surface area contributed by atoms with Crippen LogP contribution in [-0.4, -0.2) is 53.2 Å². The highest BCUT2D eigenvalue weighted by atomic mass is 79.9. The van der Waals surface area contributed by atoms with Gasteiger partial charge in [-0.2, -0.15) is 0 Å². The predicted octanol–water partition coefficient (Wildman–Crippen LogP) is 4.98. The number of nitrogens with two attached hydrogens (primary N) is 1. The zero-order chi connectivity index (χ0) is 25.2. The second-order valence-electron chi connectivity index (χ2n) is 8.50. The minimum atomic E-state index is -0.525. The number of halogens is 1. The number of carbonyl (C=O) groups excluding carboxylic acids is 2. The van der Waals surface area contributed by atoms with Crippen LogP contribution in [0.1, 0.15) is 40.0 Å². The van der Waals surface area contributed by atoms with Crippen molar-refractivity contribution in [3.8, 4) is 11.1 Å². The van der Waals surface area contributed by atoms with E-state index in [4.69, 9.17) is 10.5 Å². The number of hydrogen-bond donors (Lipinski definition) is 1. The van der Waals surface area contributed by atoms with Gasteiger partial charge in [-0.3, -0.25) is 9.69 Å². The molecule has 2 aromatic heterocycles. The van der Waals surface area contributed by atoms with E-state index in [2.05, 4.69) is 35.8 Å². The molecule has 35 heavy (non-hydrogen) atoms. The summed E-state index contributed by atoms with van der Waals surface area (Å²) in [4.78, 5) is 41.6. The van der Waals surface area contributed by atoms with Gasteiger partial charge in [0.2, 0.25) is 5.95 Å². The zero-order valence-electron chi connectivity index (χ0n) is 20.1. The fourth-order valence-corrected chi connectivity index (χ4v) is 6.12. The van der Waals surface area contributed by atoms with Gasteiger partial charge >= 0.3 is 12.0 Å². The van der Waals surface area contributed by atoms with E-state index in [0.29, 0.717) is 37.3 Å². The van der Waals surface area contributed by atoms with Crippen molar-refractivity contribution in [3.63, 3.8) is 0 Å². The monoisotopic (exact) mass is 560 g/mol. The third-order valence-electron chi connectivity index (χ3n) is 6.61. The lowest BCUT2D eigenvalue weighted by molar-refractivity contribution is -0.157. The molecule has 0 bridgehead atoms. The highest BCUT2D eigenvalue weighted by Crippen LogP contribution is 2.39. The summed E-state index contributed by atoms with van der Waals surface area (Å²) >= 11 is 5.05. The smallest absolute Gasteiger partial charge is 0.321 e. The topological polar surface area (TPSA) is 115 Å². The number of amides is 2. The third kappa shape index (κ3) is 4.97. The van der Waals surface area contributed by atoms with Crippen LogP contribution >= 0.6 is 27.3 Å². The maximum absolute atomic E-state index is 12.5. The molecule has 0 saturated carbocycles. The van der Waals surface area contributed by atoms with Gasteiger partial charge in [0.05, 0.1) is 22.2 Å². The highest BCUT2D eigenvalue weighted by Gasteiger charge is 2.41. The first kappa shape index (κ1) is 25.3. The van der Waals surface area contributed by atoms with E-state index in [-0.39, 0.29) is 5.97 Å². The molecule has 1 aliphatic heterocycles. The maximum atomic E-state index is 12.5. The average Bonchev–Trinajstić information content (AvgIpc) is 3.29. The molecule has 11 heteroatoms. The second kappa shape index (κ2) is 10.4. The molecule has 186 valence electrons. The van der Waals surface area contributed by atoms with E-state index in [9.17, 15) is 9.59 Å². The molecular formula is C24H29BrN6O3S. The predicted molar refractivity (Wildman–Crippen MR) is 142 cm³/mol. The summed E-state index contributed by atoms with van der Waals surface area (Å²) < 4.78 is 7.15. The van der Waals surface area contributed by atoms with E-state index >= 15 is 0 Å². The Morgan fingerprint density at radius 3 is 2.43 bits per heavy atom. The number of anilines is 2. The van der Waals surface area contributed by atoms with Crippen molar-refractivity contribution >= 4 is 60.6 Å². The molecule has 0 radical (unpaired) electrons. The number of esters is 1. The van der Waals surface area contributed by atoms with Gasteiger partial charge in [0.1, 0.15) is 0 Å². The van der Waals surface area contributed by atoms with E-state index in [1.165, 1.54) is 16.2 Å². The lowest BCUT2D eigenvalue weighted by Gasteiger charge is -2.39. The van der Waals surface area contributed by atoms with Crippen LogP contribution in [0.25, 0.3) is 21.3 Å². The van der Waals surface area contributed by atoms with Crippen molar-refractivity contribution in [2.75, 3.05) is 36.0 Å². The fourth-order valence-electron chi connectivity index (χ4n) is 4.40. The van der Waals surface area contributed by atoms with E-state index in [0.717, 1.165) is 45.1 Å². The molecule has 3 aromatic rings. The molecular weight excluding hydrogens is 532 g/mol. The van der Waals surface area contributed by atoms with E-state index < -0.39 is 11.4 Å². The summed E-state index contributed by atoms with van der Waals surface area (Å²) in [5.41, 5.74) is 7.62. The number of benzene rings is 1. The Morgan fingerprint density at radius 2 is 1.86 bits per heavy atom. The molecule has 1 saturated heterocycles. The van der Waals surface area contributed by atoms with Gasteiger partial charge in [0.25, 0.3) is 0 Å². The number of nitrogens with zero attached hydrogens (tertiary/aromatic N) is 5. The van der Waals surface area contributed by atoms with Crippen molar-refractivity contribution in [2.45, 2.75) is 40.0 Å². The Hall–Kier alpha value is -2.79. The number of thiazole rings is 1. The largest absolute Gasteiger partial charge is 0.466 e. The van der Waals surface area contributed by atoms with Crippen molar-refractivity contribution in [2.24, 2.45) is 11.1 Å². The number of piperidine rings is 1. The third-order valence-corrected chi connectivity index (χ3v) is 8.62. The zero-order valence-corrected chi connectivity index (χ0v) is 22.5. The number of carbonyl (C=O) groups is 2. The van der Waals surface area contributed by atoms with Crippen LogP contribution < -0.4 is 15.5 Å². The van der Waals surface area contributed by atoms with Gasteiger partial charge < -0.3 is 15.4 Å². The van der Waals surface area contributed by atoms with Gasteiger partial charge in [-0.15, -0.1) is 0 Å². The molecule has 4 rings (SSSR count). The van der Waals surface area contributed by atoms with Crippen LogP contribution in [0, 0.1) is 5.41 Å². The summed E-state index contributed by atoms with van der Waals surface area (Å²) in [6.45, 7) is 8.02. The Morgan fingerprint density at radius 1 is 1.17 bits per heavy atom. The number of rotatable bonds is 7. The molecule has 0 aliphatic carbocycles. The summed E-state index contributed by atoms with van der Waals surface area (Å²) in [6.07, 6.45) is 5.83. The Labute approximate surface area is 216 Å². The van der Waals surface area contributed by atoms with Crippen LogP contribution in [0.3, 0.4) is 0 Å². The molecule has 1 aromatic carbocycles. The van der Waals surface area contributed by atoms with Crippen LogP contribution in [0.5, 0.6) is 0 Å². The lowest BCUT2D eigenvalue weighted by Crippen LogP contribution is -2.45. The molecule has 9 nitrogen and oxygen atoms in total. The molecule has 3 heterocycles. The molecule has 1 aliphatic rings. The fraction of sp³-hybridized carbons (Fsp3) is 0.458. The van der Waals surface area contributed by atoms with Crippen LogP contribution in [0.2, 0.25) is 0 Å². The molecule has 2 N–H and O–H groups in total. The van der Waals surface area contributed by atoms with Crippen molar-refractivity contribution in [3.05, 3.63) is 29.0 Å². The Bertz CT molecular complexity index is 1220. The number of aromatic nitrogens is 3. The van der Waals surface area contributed by atoms with Gasteiger partial charge in [0, 0.05) is 42.1 Å². The lowest BCUT2D eigenvalue weighted by atomic mass is 9.76. The van der Waals surface area contributed by atoms with E-state index in [1.54, 1.807) is 12.4 Å². The van der Waals surface area contributed by atoms with Crippen LogP contribution in [0.15, 0.2) is 29.0 Å². The summed E-state index contributed by atoms with van der Waals surface area (Å²) in [5, 5.41) is 0.565. The molecule has 0 spiro atoms. The Balaban J connectivity index is 1.52. The second-order valence-corrected chi connectivity index (χ2v) is 10.3. The Kier molecular flexibility index (Phi) is 7.56. The van der Waals surface area contributed by atoms with Gasteiger partial charge in [-0.25, -0.2) is 19.7 Å². The number of fused-ring (bicyclic) bond motifs is 1. The molecule has 0 atom stereocenters. The summed E-state index contributed by atoms with van der Waals surface area (Å²) in [7, 11) is 0. The summed E-state index contributed by atoms with van der Waals surface area (Å²) in [5.74, 6) is 0.556. The van der Waals surface area contributed by atoms with Crippen LogP contribution in [-0.2, 0) is 9.53 Å².